The van der Waals surface area contributed by atoms with Crippen molar-refractivity contribution in [2.75, 3.05) is 18.0 Å². The Morgan fingerprint density at radius 2 is 2.20 bits per heavy atom. The van der Waals surface area contributed by atoms with Crippen molar-refractivity contribution in [1.82, 2.24) is 0 Å². The molecule has 1 fully saturated rings. The third kappa shape index (κ3) is 3.42. The van der Waals surface area contributed by atoms with E-state index in [9.17, 15) is 9.59 Å². The molecule has 1 aromatic rings. The van der Waals surface area contributed by atoms with Crippen molar-refractivity contribution < 1.29 is 14.7 Å². The van der Waals surface area contributed by atoms with Crippen LogP contribution in [0.5, 0.6) is 0 Å². The topological polar surface area (TPSA) is 83.6 Å². The number of nitrogens with two attached hydrogens (primary N) is 1. The molecule has 6 heteroatoms. The van der Waals surface area contributed by atoms with Crippen LogP contribution in [-0.2, 0) is 4.79 Å². The molecule has 1 aromatic carbocycles. The van der Waals surface area contributed by atoms with E-state index in [1.54, 1.807) is 18.2 Å². The summed E-state index contributed by atoms with van der Waals surface area (Å²) < 4.78 is 0. The molecule has 1 amide bonds. The Labute approximate surface area is 122 Å². The molecule has 3 N–H and O–H groups in total. The van der Waals surface area contributed by atoms with Crippen LogP contribution in [0.2, 0.25) is 5.02 Å². The van der Waals surface area contributed by atoms with Gasteiger partial charge in [0.15, 0.2) is 0 Å². The predicted octanol–water partition coefficient (Wildman–Crippen LogP) is 2.13. The lowest BCUT2D eigenvalue weighted by Gasteiger charge is -2.34. The number of carboxylic acids is 1. The third-order valence-corrected chi connectivity index (χ3v) is 3.88. The fourth-order valence-corrected chi connectivity index (χ4v) is 2.88. The number of hydrogen-bond acceptors (Lipinski definition) is 3. The Hall–Kier alpha value is -1.75. The Balaban J connectivity index is 2.13. The molecule has 1 aliphatic heterocycles. The number of anilines is 1. The maximum absolute atomic E-state index is 11.1. The van der Waals surface area contributed by atoms with Gasteiger partial charge >= 0.3 is 5.97 Å². The molecule has 0 saturated carbocycles. The number of rotatable bonds is 4. The van der Waals surface area contributed by atoms with Crippen LogP contribution >= 0.6 is 11.6 Å². The molecule has 1 aliphatic rings. The zero-order chi connectivity index (χ0) is 14.7. The Morgan fingerprint density at radius 1 is 1.45 bits per heavy atom. The normalized spacial score (nSPS) is 18.9. The lowest BCUT2D eigenvalue weighted by molar-refractivity contribution is -0.138. The fourth-order valence-electron chi connectivity index (χ4n) is 2.61. The minimum atomic E-state index is -0.765. The van der Waals surface area contributed by atoms with E-state index in [0.717, 1.165) is 25.1 Å². The van der Waals surface area contributed by atoms with Crippen molar-refractivity contribution in [3.05, 3.63) is 28.8 Å². The van der Waals surface area contributed by atoms with Crippen LogP contribution in [-0.4, -0.2) is 30.1 Å². The number of halogens is 1. The molecule has 0 aromatic heterocycles. The molecule has 1 heterocycles. The van der Waals surface area contributed by atoms with Crippen molar-refractivity contribution in [1.29, 1.82) is 0 Å². The molecule has 2 rings (SSSR count). The highest BCUT2D eigenvalue weighted by Gasteiger charge is 2.22. The second-order valence-electron chi connectivity index (χ2n) is 5.08. The van der Waals surface area contributed by atoms with Gasteiger partial charge in [-0.05, 0) is 37.0 Å². The lowest BCUT2D eigenvalue weighted by atomic mass is 9.94. The summed E-state index contributed by atoms with van der Waals surface area (Å²) in [7, 11) is 0. The number of carboxylic acid groups (broad SMARTS) is 1. The molecule has 1 atom stereocenters. The number of primary amides is 1. The number of hydrogen-bond donors (Lipinski definition) is 2. The second kappa shape index (κ2) is 6.13. The lowest BCUT2D eigenvalue weighted by Crippen LogP contribution is -2.36. The van der Waals surface area contributed by atoms with Gasteiger partial charge in [-0.25, -0.2) is 0 Å². The summed E-state index contributed by atoms with van der Waals surface area (Å²) in [5.74, 6) is -1.17. The van der Waals surface area contributed by atoms with Gasteiger partial charge < -0.3 is 15.7 Å². The molecule has 20 heavy (non-hydrogen) atoms. The first-order chi connectivity index (χ1) is 9.47. The van der Waals surface area contributed by atoms with Crippen LogP contribution in [0, 0.1) is 5.92 Å². The maximum atomic E-state index is 11.1. The molecule has 1 unspecified atom stereocenters. The molecule has 0 spiro atoms. The van der Waals surface area contributed by atoms with Gasteiger partial charge in [0.2, 0.25) is 5.91 Å². The highest BCUT2D eigenvalue weighted by atomic mass is 35.5. The van der Waals surface area contributed by atoms with Crippen LogP contribution in [0.4, 0.5) is 5.69 Å². The standard InChI is InChI=1S/C14H17ClN2O3/c15-12-7-10(3-4-11(12)14(16)20)17-5-1-2-9(8-17)6-13(18)19/h3-4,7,9H,1-2,5-6,8H2,(H2,16,20)(H,18,19). The van der Waals surface area contributed by atoms with Crippen molar-refractivity contribution in [2.45, 2.75) is 19.3 Å². The van der Waals surface area contributed by atoms with Crippen LogP contribution in [0.25, 0.3) is 0 Å². The van der Waals surface area contributed by atoms with Crippen LogP contribution in [0.3, 0.4) is 0 Å². The zero-order valence-corrected chi connectivity index (χ0v) is 11.8. The van der Waals surface area contributed by atoms with E-state index in [-0.39, 0.29) is 12.3 Å². The second-order valence-corrected chi connectivity index (χ2v) is 5.49. The largest absolute Gasteiger partial charge is 0.481 e. The van der Waals surface area contributed by atoms with Crippen LogP contribution < -0.4 is 10.6 Å². The fraction of sp³-hybridized carbons (Fsp3) is 0.429. The van der Waals surface area contributed by atoms with E-state index >= 15 is 0 Å². The summed E-state index contributed by atoms with van der Waals surface area (Å²) in [6.45, 7) is 1.56. The smallest absolute Gasteiger partial charge is 0.303 e. The maximum Gasteiger partial charge on any atom is 0.303 e. The Morgan fingerprint density at radius 3 is 2.80 bits per heavy atom. The molecular formula is C14H17ClN2O3. The van der Waals surface area contributed by atoms with Gasteiger partial charge in [-0.1, -0.05) is 11.6 Å². The molecule has 0 aliphatic carbocycles. The number of piperidine rings is 1. The summed E-state index contributed by atoms with van der Waals surface area (Å²) in [5, 5.41) is 9.20. The Bertz CT molecular complexity index is 533. The molecule has 0 radical (unpaired) electrons. The summed E-state index contributed by atoms with van der Waals surface area (Å²) in [6.07, 6.45) is 2.06. The number of carbonyl (C=O) groups excluding carboxylic acids is 1. The average Bonchev–Trinajstić information content (AvgIpc) is 2.37. The van der Waals surface area contributed by atoms with Gasteiger partial charge in [0.1, 0.15) is 0 Å². The van der Waals surface area contributed by atoms with Gasteiger partial charge in [0.05, 0.1) is 10.6 Å². The van der Waals surface area contributed by atoms with E-state index < -0.39 is 11.9 Å². The quantitative estimate of drug-likeness (QED) is 0.891. The first-order valence-electron chi connectivity index (χ1n) is 6.53. The molecular weight excluding hydrogens is 280 g/mol. The number of carbonyl (C=O) groups is 2. The van der Waals surface area contributed by atoms with Gasteiger partial charge in [-0.2, -0.15) is 0 Å². The van der Waals surface area contributed by atoms with Crippen molar-refractivity contribution >= 4 is 29.2 Å². The first-order valence-corrected chi connectivity index (χ1v) is 6.91. The molecule has 0 bridgehead atoms. The third-order valence-electron chi connectivity index (χ3n) is 3.57. The summed E-state index contributed by atoms with van der Waals surface area (Å²) >= 11 is 6.04. The number of benzene rings is 1. The van der Waals surface area contributed by atoms with Crippen molar-refractivity contribution in [2.24, 2.45) is 11.7 Å². The van der Waals surface area contributed by atoms with E-state index in [0.29, 0.717) is 17.1 Å². The van der Waals surface area contributed by atoms with E-state index in [4.69, 9.17) is 22.4 Å². The average molecular weight is 297 g/mol. The van der Waals surface area contributed by atoms with Crippen LogP contribution in [0.15, 0.2) is 18.2 Å². The van der Waals surface area contributed by atoms with Gasteiger partial charge in [-0.3, -0.25) is 9.59 Å². The number of amides is 1. The number of nitrogens with zero attached hydrogens (tertiary/aromatic N) is 1. The molecule has 108 valence electrons. The van der Waals surface area contributed by atoms with E-state index in [1.807, 2.05) is 0 Å². The number of aliphatic carboxylic acids is 1. The first kappa shape index (κ1) is 14.7. The highest BCUT2D eigenvalue weighted by molar-refractivity contribution is 6.34. The SMILES string of the molecule is NC(=O)c1ccc(N2CCCC(CC(=O)O)C2)cc1Cl. The van der Waals surface area contributed by atoms with E-state index in [1.165, 1.54) is 0 Å². The summed E-state index contributed by atoms with van der Waals surface area (Å²) in [4.78, 5) is 24.0. The predicted molar refractivity (Wildman–Crippen MR) is 77.2 cm³/mol. The van der Waals surface area contributed by atoms with Crippen molar-refractivity contribution in [3.63, 3.8) is 0 Å². The zero-order valence-electron chi connectivity index (χ0n) is 11.0. The molecule has 5 nitrogen and oxygen atoms in total. The highest BCUT2D eigenvalue weighted by Crippen LogP contribution is 2.28. The van der Waals surface area contributed by atoms with Gasteiger partial charge in [-0.15, -0.1) is 0 Å². The monoisotopic (exact) mass is 296 g/mol. The summed E-state index contributed by atoms with van der Waals surface area (Å²) in [5.41, 5.74) is 6.42. The molecule has 1 saturated heterocycles. The van der Waals surface area contributed by atoms with Gasteiger partial charge in [0.25, 0.3) is 0 Å². The van der Waals surface area contributed by atoms with Crippen molar-refractivity contribution in [3.8, 4) is 0 Å². The van der Waals surface area contributed by atoms with E-state index in [2.05, 4.69) is 4.90 Å². The minimum absolute atomic E-state index is 0.149. The summed E-state index contributed by atoms with van der Waals surface area (Å²) in [6, 6.07) is 5.13. The Kier molecular flexibility index (Phi) is 4.49. The minimum Gasteiger partial charge on any atom is -0.481 e. The van der Waals surface area contributed by atoms with Crippen LogP contribution in [0.1, 0.15) is 29.6 Å². The van der Waals surface area contributed by atoms with Gasteiger partial charge in [0, 0.05) is 25.2 Å².